The lowest BCUT2D eigenvalue weighted by molar-refractivity contribution is -0.377. The predicted octanol–water partition coefficient (Wildman–Crippen LogP) is -4.12. The summed E-state index contributed by atoms with van der Waals surface area (Å²) in [6.45, 7) is 0. The lowest BCUT2D eigenvalue weighted by Crippen LogP contribution is -3.00. The van der Waals surface area contributed by atoms with Gasteiger partial charge in [-0.2, -0.15) is 0 Å². The lowest BCUT2D eigenvalue weighted by atomic mass is 10.5. The molecule has 0 atom stereocenters. The average Bonchev–Trinajstić information content (AvgIpc) is 2.05. The van der Waals surface area contributed by atoms with E-state index in [-0.39, 0.29) is 27.2 Å². The molecule has 15 heavy (non-hydrogen) atoms. The van der Waals surface area contributed by atoms with E-state index in [2.05, 4.69) is 52.4 Å². The number of halogens is 1. The van der Waals surface area contributed by atoms with E-state index in [0.29, 0.717) is 0 Å². The van der Waals surface area contributed by atoms with Crippen molar-refractivity contribution >= 4 is 34.7 Å². The zero-order chi connectivity index (χ0) is 11.4. The maximum Gasteiger partial charge on any atom is 0.166 e. The summed E-state index contributed by atoms with van der Waals surface area (Å²) in [7, 11) is 0. The van der Waals surface area contributed by atoms with Crippen LogP contribution in [0.5, 0.6) is 0 Å². The average molecular weight is 312 g/mol. The Hall–Kier alpha value is -0.990. The number of H-pyrrole nitrogens is 1. The van der Waals surface area contributed by atoms with E-state index >= 15 is 0 Å². The van der Waals surface area contributed by atoms with Gasteiger partial charge in [0.25, 0.3) is 0 Å². The molecular weight excluding hydrogens is 298 g/mol. The van der Waals surface area contributed by atoms with Crippen molar-refractivity contribution in [1.29, 1.82) is 0 Å². The van der Waals surface area contributed by atoms with E-state index in [1.54, 1.807) is 0 Å². The van der Waals surface area contributed by atoms with Crippen molar-refractivity contribution in [3.05, 3.63) is 30.6 Å². The Morgan fingerprint density at radius 2 is 1.07 bits per heavy atom. The third-order valence-electron chi connectivity index (χ3n) is 0.607. The molecule has 0 aliphatic rings. The highest BCUT2D eigenvalue weighted by Crippen LogP contribution is 1.68. The molecule has 0 aliphatic carbocycles. The summed E-state index contributed by atoms with van der Waals surface area (Å²) in [5.74, 6) is 0. The van der Waals surface area contributed by atoms with Gasteiger partial charge in [-0.3, -0.25) is 0 Å². The minimum absolute atomic E-state index is 0. The zero-order valence-electron chi connectivity index (χ0n) is 7.89. The second kappa shape index (κ2) is 15.5. The quantitative estimate of drug-likeness (QED) is 0.362. The van der Waals surface area contributed by atoms with Crippen molar-refractivity contribution < 1.29 is 22.0 Å². The van der Waals surface area contributed by atoms with Gasteiger partial charge in [0.05, 0.1) is 0 Å². The van der Waals surface area contributed by atoms with Gasteiger partial charge in [0, 0.05) is 12.1 Å². The van der Waals surface area contributed by atoms with Crippen LogP contribution >= 0.6 is 24.4 Å². The molecule has 0 fully saturated rings. The van der Waals surface area contributed by atoms with Gasteiger partial charge in [-0.1, -0.05) is 6.07 Å². The fourth-order valence-corrected chi connectivity index (χ4v) is 0.342. The highest BCUT2D eigenvalue weighted by Gasteiger charge is 1.65. The summed E-state index contributed by atoms with van der Waals surface area (Å²) in [5.41, 5.74) is 18.5. The molecule has 8 heteroatoms. The molecule has 1 aromatic heterocycles. The molecule has 1 rings (SSSR count). The third-order valence-corrected chi connectivity index (χ3v) is 0.607. The molecule has 9 N–H and O–H groups in total. The van der Waals surface area contributed by atoms with Crippen molar-refractivity contribution in [3.63, 3.8) is 0 Å². The smallest absolute Gasteiger partial charge is 0.166 e. The molecule has 0 aromatic carbocycles. The number of thiocarbonyl (C=S) groups is 2. The summed E-state index contributed by atoms with van der Waals surface area (Å²) in [6, 6.07) is 5.86. The number of nitrogens with one attached hydrogen (secondary N) is 1. The second-order valence-corrected chi connectivity index (χ2v) is 2.82. The topological polar surface area (TPSA) is 118 Å². The summed E-state index contributed by atoms with van der Waals surface area (Å²) >= 11 is 8.19. The first-order valence-electron chi connectivity index (χ1n) is 3.47. The molecule has 5 nitrogen and oxygen atoms in total. The Labute approximate surface area is 110 Å². The van der Waals surface area contributed by atoms with Crippen molar-refractivity contribution in [2.75, 3.05) is 0 Å². The SMILES string of the molecule is NC(N)=S.NC(N)=S.[Br-].c1cc[nH+]cc1. The first-order chi connectivity index (χ1) is 6.46. The van der Waals surface area contributed by atoms with Gasteiger partial charge >= 0.3 is 0 Å². The lowest BCUT2D eigenvalue weighted by Gasteiger charge is -1.68. The van der Waals surface area contributed by atoms with Gasteiger partial charge in [-0.25, -0.2) is 4.98 Å². The van der Waals surface area contributed by atoms with Gasteiger partial charge in [-0.15, -0.1) is 0 Å². The van der Waals surface area contributed by atoms with Gasteiger partial charge in [-0.05, 0) is 24.4 Å². The monoisotopic (exact) mass is 311 g/mol. The molecule has 1 aromatic rings. The van der Waals surface area contributed by atoms with Crippen LogP contribution in [0.2, 0.25) is 0 Å². The van der Waals surface area contributed by atoms with Crippen LogP contribution in [0, 0.1) is 0 Å². The number of rotatable bonds is 0. The van der Waals surface area contributed by atoms with E-state index in [1.807, 2.05) is 30.6 Å². The van der Waals surface area contributed by atoms with Crippen LogP contribution in [0.1, 0.15) is 0 Å². The van der Waals surface area contributed by atoms with Crippen molar-refractivity contribution in [2.24, 2.45) is 22.9 Å². The number of aromatic nitrogens is 1. The van der Waals surface area contributed by atoms with Crippen molar-refractivity contribution in [3.8, 4) is 0 Å². The minimum atomic E-state index is 0. The van der Waals surface area contributed by atoms with Crippen LogP contribution in [-0.4, -0.2) is 10.2 Å². The number of nitrogens with two attached hydrogens (primary N) is 4. The molecular formula is C7H14BrN5S2. The first kappa shape index (κ1) is 19.6. The standard InChI is InChI=1S/C5H5N.2CH4N2S.BrH/c1-2-4-6-5-3-1;2*2-1(3)4;/h1-5H;2*(H4,2,3,4);1H. The van der Waals surface area contributed by atoms with E-state index < -0.39 is 0 Å². The van der Waals surface area contributed by atoms with E-state index in [9.17, 15) is 0 Å². The zero-order valence-corrected chi connectivity index (χ0v) is 11.1. The fourth-order valence-electron chi connectivity index (χ4n) is 0.342. The fraction of sp³-hybridized carbons (Fsp3) is 0. The number of aromatic amines is 1. The third kappa shape index (κ3) is 62.8. The highest BCUT2D eigenvalue weighted by atomic mass is 79.9. The molecule has 0 bridgehead atoms. The molecule has 0 saturated heterocycles. The van der Waals surface area contributed by atoms with Gasteiger partial charge < -0.3 is 39.9 Å². The molecule has 0 spiro atoms. The number of hydrogen-bond donors (Lipinski definition) is 4. The Bertz CT molecular complexity index is 210. The van der Waals surface area contributed by atoms with Crippen molar-refractivity contribution in [2.45, 2.75) is 0 Å². The van der Waals surface area contributed by atoms with Crippen molar-refractivity contribution in [1.82, 2.24) is 0 Å². The maximum absolute atomic E-state index is 4.62. The number of hydrogen-bond acceptors (Lipinski definition) is 2. The van der Waals surface area contributed by atoms with Gasteiger partial charge in [0.1, 0.15) is 0 Å². The van der Waals surface area contributed by atoms with Crippen LogP contribution in [-0.2, 0) is 0 Å². The summed E-state index contributed by atoms with van der Waals surface area (Å²) in [5, 5.41) is 0.000000000000000444. The largest absolute Gasteiger partial charge is 1.00 e. The molecule has 0 aliphatic heterocycles. The summed E-state index contributed by atoms with van der Waals surface area (Å²) < 4.78 is 0. The first-order valence-corrected chi connectivity index (χ1v) is 4.29. The van der Waals surface area contributed by atoms with Crippen LogP contribution in [0.25, 0.3) is 0 Å². The van der Waals surface area contributed by atoms with Crippen LogP contribution in [0.3, 0.4) is 0 Å². The normalized spacial score (nSPS) is 6.40. The molecule has 86 valence electrons. The molecule has 0 unspecified atom stereocenters. The van der Waals surface area contributed by atoms with E-state index in [1.165, 1.54) is 0 Å². The van der Waals surface area contributed by atoms with Gasteiger partial charge in [0.15, 0.2) is 22.6 Å². The van der Waals surface area contributed by atoms with Gasteiger partial charge in [0.2, 0.25) is 0 Å². The van der Waals surface area contributed by atoms with Crippen LogP contribution < -0.4 is 44.9 Å². The highest BCUT2D eigenvalue weighted by molar-refractivity contribution is 7.80. The molecule has 0 amide bonds. The van der Waals surface area contributed by atoms with E-state index in [4.69, 9.17) is 0 Å². The molecule has 0 saturated carbocycles. The molecule has 0 radical (unpaired) electrons. The Morgan fingerprint density at radius 1 is 0.800 bits per heavy atom. The molecule has 1 heterocycles. The summed E-state index contributed by atoms with van der Waals surface area (Å²) in [4.78, 5) is 2.89. The Morgan fingerprint density at radius 3 is 1.13 bits per heavy atom. The minimum Gasteiger partial charge on any atom is -1.00 e. The predicted molar refractivity (Wildman–Crippen MR) is 64.9 cm³/mol. The maximum atomic E-state index is 4.62. The summed E-state index contributed by atoms with van der Waals surface area (Å²) in [6.07, 6.45) is 3.75. The van der Waals surface area contributed by atoms with Crippen LogP contribution in [0.15, 0.2) is 30.6 Å². The number of pyridine rings is 1. The van der Waals surface area contributed by atoms with E-state index in [0.717, 1.165) is 0 Å². The Balaban J connectivity index is -0.000000145. The van der Waals surface area contributed by atoms with Crippen LogP contribution in [0.4, 0.5) is 0 Å². The Kier molecular flexibility index (Phi) is 20.2. The second-order valence-electron chi connectivity index (χ2n) is 1.88.